The molecule has 0 fully saturated rings. The summed E-state index contributed by atoms with van der Waals surface area (Å²) >= 11 is 0. The Balaban J connectivity index is 2.46. The summed E-state index contributed by atoms with van der Waals surface area (Å²) in [6.07, 6.45) is 0.247. The Kier molecular flexibility index (Phi) is 8.22. The molecular weight excluding hydrogens is 258 g/mol. The topological polar surface area (TPSA) is 71.0 Å². The zero-order chi connectivity index (χ0) is 14.8. The van der Waals surface area contributed by atoms with Gasteiger partial charge in [-0.25, -0.2) is 0 Å². The molecule has 3 N–H and O–H groups in total. The second-order valence-corrected chi connectivity index (χ2v) is 4.52. The van der Waals surface area contributed by atoms with E-state index in [1.807, 2.05) is 31.2 Å². The van der Waals surface area contributed by atoms with E-state index in [9.17, 15) is 5.11 Å². The molecule has 0 aliphatic carbocycles. The number of hydrogen-bond donors (Lipinski definition) is 3. The van der Waals surface area contributed by atoms with Crippen molar-refractivity contribution in [1.29, 1.82) is 0 Å². The Morgan fingerprint density at radius 2 is 1.90 bits per heavy atom. The minimum atomic E-state index is -0.566. The number of hydrogen-bond acceptors (Lipinski definition) is 5. The molecule has 0 aliphatic rings. The highest BCUT2D eigenvalue weighted by molar-refractivity contribution is 5.29. The van der Waals surface area contributed by atoms with Crippen LogP contribution >= 0.6 is 0 Å². The smallest absolute Gasteiger partial charge is 0.118 e. The van der Waals surface area contributed by atoms with Gasteiger partial charge in [0.1, 0.15) is 5.75 Å². The van der Waals surface area contributed by atoms with E-state index in [0.717, 1.165) is 17.7 Å². The number of rotatable bonds is 10. The Morgan fingerprint density at radius 1 is 1.20 bits per heavy atom. The molecular formula is C15H25NO4. The number of benzene rings is 1. The number of ether oxygens (including phenoxy) is 2. The van der Waals surface area contributed by atoms with Gasteiger partial charge < -0.3 is 25.0 Å². The van der Waals surface area contributed by atoms with Crippen molar-refractivity contribution in [2.75, 3.05) is 33.5 Å². The molecule has 5 heteroatoms. The fourth-order valence-electron chi connectivity index (χ4n) is 2.00. The SMILES string of the molecule is CCC(NCCOCCO)C(O)c1ccc(OC)cc1. The highest BCUT2D eigenvalue weighted by Gasteiger charge is 2.18. The fourth-order valence-corrected chi connectivity index (χ4v) is 2.00. The minimum absolute atomic E-state index is 0.0267. The van der Waals surface area contributed by atoms with Gasteiger partial charge in [0, 0.05) is 12.6 Å². The standard InChI is InChI=1S/C15H25NO4/c1-3-14(16-8-10-20-11-9-17)15(18)12-4-6-13(19-2)7-5-12/h4-7,14-18H,3,8-11H2,1-2H3. The molecule has 0 amide bonds. The first-order valence-corrected chi connectivity index (χ1v) is 6.97. The van der Waals surface area contributed by atoms with Gasteiger partial charge in [0.15, 0.2) is 0 Å². The van der Waals surface area contributed by atoms with Crippen LogP contribution in [0.5, 0.6) is 5.75 Å². The molecule has 1 rings (SSSR count). The molecule has 0 heterocycles. The third kappa shape index (κ3) is 5.46. The van der Waals surface area contributed by atoms with Gasteiger partial charge in [0.2, 0.25) is 0 Å². The molecule has 1 aromatic carbocycles. The van der Waals surface area contributed by atoms with Crippen molar-refractivity contribution in [1.82, 2.24) is 5.32 Å². The average molecular weight is 283 g/mol. The molecule has 1 aromatic rings. The maximum absolute atomic E-state index is 10.4. The second kappa shape index (κ2) is 9.72. The van der Waals surface area contributed by atoms with E-state index in [1.54, 1.807) is 7.11 Å². The van der Waals surface area contributed by atoms with Crippen LogP contribution in [-0.2, 0) is 4.74 Å². The van der Waals surface area contributed by atoms with Crippen molar-refractivity contribution < 1.29 is 19.7 Å². The van der Waals surface area contributed by atoms with E-state index >= 15 is 0 Å². The second-order valence-electron chi connectivity index (χ2n) is 4.52. The predicted molar refractivity (Wildman–Crippen MR) is 77.9 cm³/mol. The van der Waals surface area contributed by atoms with Gasteiger partial charge in [-0.15, -0.1) is 0 Å². The van der Waals surface area contributed by atoms with Crippen LogP contribution in [-0.4, -0.2) is 49.7 Å². The molecule has 0 bridgehead atoms. The average Bonchev–Trinajstić information content (AvgIpc) is 2.50. The molecule has 0 radical (unpaired) electrons. The number of aliphatic hydroxyl groups is 2. The van der Waals surface area contributed by atoms with Crippen LogP contribution in [0, 0.1) is 0 Å². The molecule has 0 saturated heterocycles. The van der Waals surface area contributed by atoms with Crippen LogP contribution in [0.15, 0.2) is 24.3 Å². The lowest BCUT2D eigenvalue weighted by Gasteiger charge is -2.23. The molecule has 20 heavy (non-hydrogen) atoms. The van der Waals surface area contributed by atoms with Crippen molar-refractivity contribution in [2.24, 2.45) is 0 Å². The summed E-state index contributed by atoms with van der Waals surface area (Å²) in [7, 11) is 1.62. The summed E-state index contributed by atoms with van der Waals surface area (Å²) in [5.74, 6) is 0.777. The van der Waals surface area contributed by atoms with E-state index < -0.39 is 6.10 Å². The zero-order valence-electron chi connectivity index (χ0n) is 12.2. The van der Waals surface area contributed by atoms with Gasteiger partial charge in [-0.2, -0.15) is 0 Å². The summed E-state index contributed by atoms with van der Waals surface area (Å²) < 4.78 is 10.3. The van der Waals surface area contributed by atoms with Gasteiger partial charge >= 0.3 is 0 Å². The van der Waals surface area contributed by atoms with E-state index in [1.165, 1.54) is 0 Å². The Morgan fingerprint density at radius 3 is 2.45 bits per heavy atom. The Bertz CT molecular complexity index is 355. The molecule has 2 unspecified atom stereocenters. The van der Waals surface area contributed by atoms with Crippen molar-refractivity contribution in [3.05, 3.63) is 29.8 Å². The first-order valence-electron chi connectivity index (χ1n) is 6.97. The number of aliphatic hydroxyl groups excluding tert-OH is 2. The van der Waals surface area contributed by atoms with Crippen LogP contribution in [0.3, 0.4) is 0 Å². The predicted octanol–water partition coefficient (Wildman–Crippen LogP) is 1.11. The summed E-state index contributed by atoms with van der Waals surface area (Å²) in [6.45, 7) is 3.57. The monoisotopic (exact) mass is 283 g/mol. The van der Waals surface area contributed by atoms with Gasteiger partial charge in [0.05, 0.1) is 33.0 Å². The lowest BCUT2D eigenvalue weighted by molar-refractivity contribution is 0.0824. The van der Waals surface area contributed by atoms with Crippen LogP contribution in [0.2, 0.25) is 0 Å². The molecule has 114 valence electrons. The highest BCUT2D eigenvalue weighted by atomic mass is 16.5. The molecule has 0 saturated carbocycles. The molecule has 2 atom stereocenters. The largest absolute Gasteiger partial charge is 0.497 e. The highest BCUT2D eigenvalue weighted by Crippen LogP contribution is 2.21. The fraction of sp³-hybridized carbons (Fsp3) is 0.600. The number of methoxy groups -OCH3 is 1. The summed E-state index contributed by atoms with van der Waals surface area (Å²) in [5, 5.41) is 22.2. The Labute approximate surface area is 120 Å². The molecule has 0 aliphatic heterocycles. The van der Waals surface area contributed by atoms with E-state index in [2.05, 4.69) is 5.32 Å². The van der Waals surface area contributed by atoms with E-state index in [4.69, 9.17) is 14.6 Å². The van der Waals surface area contributed by atoms with E-state index in [0.29, 0.717) is 19.8 Å². The maximum Gasteiger partial charge on any atom is 0.118 e. The van der Waals surface area contributed by atoms with Crippen LogP contribution in [0.1, 0.15) is 25.0 Å². The van der Waals surface area contributed by atoms with Crippen molar-refractivity contribution in [3.8, 4) is 5.75 Å². The minimum Gasteiger partial charge on any atom is -0.497 e. The van der Waals surface area contributed by atoms with Gasteiger partial charge in [-0.1, -0.05) is 19.1 Å². The first-order chi connectivity index (χ1) is 9.72. The normalized spacial score (nSPS) is 14.0. The zero-order valence-corrected chi connectivity index (χ0v) is 12.2. The summed E-state index contributed by atoms with van der Waals surface area (Å²) in [6, 6.07) is 7.40. The van der Waals surface area contributed by atoms with E-state index in [-0.39, 0.29) is 12.6 Å². The summed E-state index contributed by atoms with van der Waals surface area (Å²) in [4.78, 5) is 0. The van der Waals surface area contributed by atoms with Gasteiger partial charge in [0.25, 0.3) is 0 Å². The number of nitrogens with one attached hydrogen (secondary N) is 1. The third-order valence-electron chi connectivity index (χ3n) is 3.17. The van der Waals surface area contributed by atoms with Crippen molar-refractivity contribution >= 4 is 0 Å². The lowest BCUT2D eigenvalue weighted by atomic mass is 10.0. The third-order valence-corrected chi connectivity index (χ3v) is 3.17. The molecule has 0 aromatic heterocycles. The molecule has 0 spiro atoms. The summed E-state index contributed by atoms with van der Waals surface area (Å²) in [5.41, 5.74) is 0.862. The van der Waals surface area contributed by atoms with Crippen molar-refractivity contribution in [3.63, 3.8) is 0 Å². The van der Waals surface area contributed by atoms with Crippen LogP contribution in [0.25, 0.3) is 0 Å². The lowest BCUT2D eigenvalue weighted by Crippen LogP contribution is -2.36. The quantitative estimate of drug-likeness (QED) is 0.561. The Hall–Kier alpha value is -1.14. The first kappa shape index (κ1) is 16.9. The van der Waals surface area contributed by atoms with Crippen molar-refractivity contribution in [2.45, 2.75) is 25.5 Å². The van der Waals surface area contributed by atoms with Gasteiger partial charge in [-0.3, -0.25) is 0 Å². The molecule has 5 nitrogen and oxygen atoms in total. The van der Waals surface area contributed by atoms with Crippen LogP contribution in [0.4, 0.5) is 0 Å². The van der Waals surface area contributed by atoms with Crippen LogP contribution < -0.4 is 10.1 Å². The maximum atomic E-state index is 10.4. The van der Waals surface area contributed by atoms with Gasteiger partial charge in [-0.05, 0) is 24.1 Å².